The Hall–Kier alpha value is -2.81. The summed E-state index contributed by atoms with van der Waals surface area (Å²) in [5.74, 6) is 1.61. The Bertz CT molecular complexity index is 1050. The molecule has 1 aromatic carbocycles. The SMILES string of the molecule is CC(C)(C)c1nc(CNC(=O)C2CSCN2C(=O)c2c[nH]c3ccccc23)no1. The van der Waals surface area contributed by atoms with Crippen LogP contribution in [0.2, 0.25) is 0 Å². The molecule has 2 aromatic heterocycles. The summed E-state index contributed by atoms with van der Waals surface area (Å²) in [6, 6.07) is 7.10. The van der Waals surface area contributed by atoms with E-state index in [1.165, 1.54) is 0 Å². The van der Waals surface area contributed by atoms with Crippen LogP contribution in [0.25, 0.3) is 10.9 Å². The Morgan fingerprint density at radius 2 is 2.14 bits per heavy atom. The van der Waals surface area contributed by atoms with Gasteiger partial charge < -0.3 is 19.7 Å². The highest BCUT2D eigenvalue weighted by molar-refractivity contribution is 7.99. The molecule has 1 aliphatic heterocycles. The predicted octanol–water partition coefficient (Wildman–Crippen LogP) is 2.68. The van der Waals surface area contributed by atoms with Crippen LogP contribution >= 0.6 is 11.8 Å². The van der Waals surface area contributed by atoms with Gasteiger partial charge in [0.2, 0.25) is 11.8 Å². The van der Waals surface area contributed by atoms with Crippen LogP contribution in [-0.4, -0.2) is 49.5 Å². The number of carbonyl (C=O) groups excluding carboxylic acids is 2. The lowest BCUT2D eigenvalue weighted by Crippen LogP contribution is -2.47. The van der Waals surface area contributed by atoms with Gasteiger partial charge in [-0.2, -0.15) is 4.98 Å². The zero-order chi connectivity index (χ0) is 20.6. The fraction of sp³-hybridized carbons (Fsp3) is 0.400. The molecule has 4 rings (SSSR count). The van der Waals surface area contributed by atoms with Gasteiger partial charge in [0.05, 0.1) is 18.0 Å². The number of amides is 2. The van der Waals surface area contributed by atoms with E-state index in [9.17, 15) is 9.59 Å². The van der Waals surface area contributed by atoms with Gasteiger partial charge in [0.25, 0.3) is 5.91 Å². The monoisotopic (exact) mass is 413 g/mol. The normalized spacial score (nSPS) is 17.1. The lowest BCUT2D eigenvalue weighted by Gasteiger charge is -2.22. The lowest BCUT2D eigenvalue weighted by molar-refractivity contribution is -0.124. The zero-order valence-corrected chi connectivity index (χ0v) is 17.4. The Kier molecular flexibility index (Phi) is 5.08. The molecule has 152 valence electrons. The van der Waals surface area contributed by atoms with Crippen molar-refractivity contribution in [3.63, 3.8) is 0 Å². The molecule has 29 heavy (non-hydrogen) atoms. The van der Waals surface area contributed by atoms with Crippen LogP contribution < -0.4 is 5.32 Å². The molecular formula is C20H23N5O3S. The Morgan fingerprint density at radius 3 is 2.90 bits per heavy atom. The first-order valence-corrected chi connectivity index (χ1v) is 10.6. The third-order valence-corrected chi connectivity index (χ3v) is 5.81. The van der Waals surface area contributed by atoms with E-state index in [0.717, 1.165) is 10.9 Å². The number of hydrogen-bond donors (Lipinski definition) is 2. The molecule has 1 fully saturated rings. The molecule has 1 saturated heterocycles. The number of fused-ring (bicyclic) bond motifs is 1. The minimum Gasteiger partial charge on any atom is -0.360 e. The number of rotatable bonds is 4. The molecule has 0 aliphatic carbocycles. The number of H-pyrrole nitrogens is 1. The standard InChI is InChI=1S/C20H23N5O3S/c1-20(2,3)19-23-16(24-28-19)9-22-17(26)15-10-29-11-25(15)18(27)13-8-21-14-7-5-4-6-12(13)14/h4-8,15,21H,9-11H2,1-3H3,(H,22,26). The largest absolute Gasteiger partial charge is 0.360 e. The van der Waals surface area contributed by atoms with E-state index < -0.39 is 6.04 Å². The highest BCUT2D eigenvalue weighted by Gasteiger charge is 2.36. The first-order valence-electron chi connectivity index (χ1n) is 9.40. The van der Waals surface area contributed by atoms with Crippen molar-refractivity contribution in [2.75, 3.05) is 11.6 Å². The number of aromatic nitrogens is 3. The van der Waals surface area contributed by atoms with Gasteiger partial charge in [-0.15, -0.1) is 11.8 Å². The van der Waals surface area contributed by atoms with Crippen molar-refractivity contribution < 1.29 is 14.1 Å². The molecule has 0 bridgehead atoms. The average molecular weight is 414 g/mol. The number of carbonyl (C=O) groups is 2. The van der Waals surface area contributed by atoms with E-state index in [-0.39, 0.29) is 23.8 Å². The minimum atomic E-state index is -0.532. The average Bonchev–Trinajstić information content (AvgIpc) is 3.44. The van der Waals surface area contributed by atoms with Crippen LogP contribution in [0.4, 0.5) is 0 Å². The van der Waals surface area contributed by atoms with Crippen molar-refractivity contribution in [2.24, 2.45) is 0 Å². The third kappa shape index (κ3) is 3.87. The Labute approximate surface area is 172 Å². The van der Waals surface area contributed by atoms with Crippen LogP contribution in [0.3, 0.4) is 0 Å². The summed E-state index contributed by atoms with van der Waals surface area (Å²) < 4.78 is 5.25. The van der Waals surface area contributed by atoms with Crippen LogP contribution in [0, 0.1) is 0 Å². The first-order chi connectivity index (χ1) is 13.8. The summed E-state index contributed by atoms with van der Waals surface area (Å²) in [6.45, 7) is 6.10. The van der Waals surface area contributed by atoms with Crippen molar-refractivity contribution in [1.29, 1.82) is 0 Å². The van der Waals surface area contributed by atoms with Gasteiger partial charge in [-0.05, 0) is 6.07 Å². The minimum absolute atomic E-state index is 0.151. The Morgan fingerprint density at radius 1 is 1.34 bits per heavy atom. The summed E-state index contributed by atoms with van der Waals surface area (Å²) in [5.41, 5.74) is 1.23. The lowest BCUT2D eigenvalue weighted by atomic mass is 9.97. The molecule has 0 saturated carbocycles. The summed E-state index contributed by atoms with van der Waals surface area (Å²) >= 11 is 1.56. The number of nitrogens with one attached hydrogen (secondary N) is 2. The van der Waals surface area contributed by atoms with Crippen molar-refractivity contribution in [2.45, 2.75) is 38.8 Å². The fourth-order valence-corrected chi connectivity index (χ4v) is 4.33. The number of para-hydroxylation sites is 1. The van der Waals surface area contributed by atoms with Gasteiger partial charge in [0.15, 0.2) is 5.82 Å². The van der Waals surface area contributed by atoms with Crippen LogP contribution in [-0.2, 0) is 16.8 Å². The molecule has 2 amide bonds. The summed E-state index contributed by atoms with van der Waals surface area (Å²) in [7, 11) is 0. The van der Waals surface area contributed by atoms with E-state index in [1.54, 1.807) is 22.9 Å². The topological polar surface area (TPSA) is 104 Å². The predicted molar refractivity (Wildman–Crippen MR) is 110 cm³/mol. The van der Waals surface area contributed by atoms with Crippen molar-refractivity contribution in [3.05, 3.63) is 47.7 Å². The van der Waals surface area contributed by atoms with Gasteiger partial charge in [-0.1, -0.05) is 44.1 Å². The van der Waals surface area contributed by atoms with E-state index in [4.69, 9.17) is 4.52 Å². The molecule has 1 aliphatic rings. The smallest absolute Gasteiger partial charge is 0.257 e. The molecule has 1 unspecified atom stereocenters. The third-order valence-electron chi connectivity index (χ3n) is 4.80. The van der Waals surface area contributed by atoms with E-state index >= 15 is 0 Å². The van der Waals surface area contributed by atoms with Gasteiger partial charge >= 0.3 is 0 Å². The van der Waals surface area contributed by atoms with Crippen molar-refractivity contribution in [3.8, 4) is 0 Å². The van der Waals surface area contributed by atoms with Gasteiger partial charge in [0.1, 0.15) is 6.04 Å². The zero-order valence-electron chi connectivity index (χ0n) is 16.6. The first kappa shape index (κ1) is 19.5. The second-order valence-corrected chi connectivity index (χ2v) is 9.02. The maximum Gasteiger partial charge on any atom is 0.257 e. The molecule has 0 spiro atoms. The number of benzene rings is 1. The van der Waals surface area contributed by atoms with E-state index in [0.29, 0.717) is 28.9 Å². The highest BCUT2D eigenvalue weighted by atomic mass is 32.2. The number of hydrogen-bond acceptors (Lipinski definition) is 6. The summed E-state index contributed by atoms with van der Waals surface area (Å²) in [5, 5.41) is 7.61. The van der Waals surface area contributed by atoms with Crippen molar-refractivity contribution in [1.82, 2.24) is 25.3 Å². The van der Waals surface area contributed by atoms with Crippen molar-refractivity contribution >= 4 is 34.5 Å². The summed E-state index contributed by atoms with van der Waals surface area (Å²) in [6.07, 6.45) is 1.71. The molecular weight excluding hydrogens is 390 g/mol. The second kappa shape index (κ2) is 7.55. The van der Waals surface area contributed by atoms with Gasteiger partial charge in [0, 0.05) is 28.3 Å². The quantitative estimate of drug-likeness (QED) is 0.681. The van der Waals surface area contributed by atoms with E-state index in [2.05, 4.69) is 20.4 Å². The number of thioether (sulfide) groups is 1. The molecule has 3 heterocycles. The number of nitrogens with zero attached hydrogens (tertiary/aromatic N) is 3. The second-order valence-electron chi connectivity index (χ2n) is 8.02. The molecule has 2 N–H and O–H groups in total. The van der Waals surface area contributed by atoms with E-state index in [1.807, 2.05) is 45.0 Å². The van der Waals surface area contributed by atoms with Crippen LogP contribution in [0.15, 0.2) is 35.0 Å². The highest BCUT2D eigenvalue weighted by Crippen LogP contribution is 2.26. The summed E-state index contributed by atoms with van der Waals surface area (Å²) in [4.78, 5) is 34.9. The fourth-order valence-electron chi connectivity index (χ4n) is 3.18. The molecule has 0 radical (unpaired) electrons. The molecule has 3 aromatic rings. The maximum absolute atomic E-state index is 13.1. The number of aromatic amines is 1. The molecule has 1 atom stereocenters. The Balaban J connectivity index is 1.44. The van der Waals surface area contributed by atoms with Gasteiger partial charge in [-0.3, -0.25) is 9.59 Å². The van der Waals surface area contributed by atoms with Gasteiger partial charge in [-0.25, -0.2) is 0 Å². The molecule has 9 heteroatoms. The maximum atomic E-state index is 13.1. The van der Waals surface area contributed by atoms with Crippen LogP contribution in [0.5, 0.6) is 0 Å². The van der Waals surface area contributed by atoms with Crippen LogP contribution in [0.1, 0.15) is 42.8 Å². The molecule has 8 nitrogen and oxygen atoms in total.